The highest BCUT2D eigenvalue weighted by atomic mass is 16.6. The van der Waals surface area contributed by atoms with Gasteiger partial charge in [-0.3, -0.25) is 4.79 Å². The molecular weight excluding hydrogens is 220 g/mol. The second-order valence-corrected chi connectivity index (χ2v) is 4.23. The summed E-state index contributed by atoms with van der Waals surface area (Å²) in [6.45, 7) is 3.26. The van der Waals surface area contributed by atoms with Crippen molar-refractivity contribution in [1.29, 1.82) is 0 Å². The molecule has 0 aromatic heterocycles. The van der Waals surface area contributed by atoms with E-state index < -0.39 is 5.60 Å². The van der Waals surface area contributed by atoms with Crippen LogP contribution in [0.15, 0.2) is 30.3 Å². The van der Waals surface area contributed by atoms with Crippen molar-refractivity contribution >= 4 is 5.97 Å². The molecule has 0 N–H and O–H groups in total. The molecule has 1 fully saturated rings. The van der Waals surface area contributed by atoms with Gasteiger partial charge in [0.25, 0.3) is 0 Å². The number of carbonyl (C=O) groups is 1. The fourth-order valence-electron chi connectivity index (χ4n) is 1.47. The molecule has 92 valence electrons. The van der Waals surface area contributed by atoms with Crippen molar-refractivity contribution in [3.8, 4) is 0 Å². The maximum atomic E-state index is 10.7. The van der Waals surface area contributed by atoms with Gasteiger partial charge in [0.2, 0.25) is 0 Å². The summed E-state index contributed by atoms with van der Waals surface area (Å²) >= 11 is 0. The second-order valence-electron chi connectivity index (χ2n) is 4.23. The van der Waals surface area contributed by atoms with Crippen LogP contribution in [-0.4, -0.2) is 31.4 Å². The minimum absolute atomic E-state index is 0.275. The van der Waals surface area contributed by atoms with Crippen LogP contribution in [0.25, 0.3) is 0 Å². The van der Waals surface area contributed by atoms with E-state index in [-0.39, 0.29) is 12.6 Å². The Hall–Kier alpha value is -1.39. The third kappa shape index (κ3) is 3.84. The van der Waals surface area contributed by atoms with Gasteiger partial charge in [-0.2, -0.15) is 0 Å². The monoisotopic (exact) mass is 236 g/mol. The molecule has 0 unspecified atom stereocenters. The molecule has 1 aromatic carbocycles. The number of carbonyl (C=O) groups excluding carboxylic acids is 1. The molecule has 0 amide bonds. The van der Waals surface area contributed by atoms with Crippen molar-refractivity contribution in [2.75, 3.05) is 19.8 Å². The Labute approximate surface area is 100 Å². The summed E-state index contributed by atoms with van der Waals surface area (Å²) in [5.41, 5.74) is 0.719. The highest BCUT2D eigenvalue weighted by Crippen LogP contribution is 2.28. The van der Waals surface area contributed by atoms with Crippen LogP contribution in [-0.2, 0) is 25.6 Å². The average Bonchev–Trinajstić information content (AvgIpc) is 3.09. The van der Waals surface area contributed by atoms with Gasteiger partial charge in [-0.15, -0.1) is 0 Å². The number of rotatable bonds is 6. The zero-order valence-electron chi connectivity index (χ0n) is 9.85. The first-order valence-corrected chi connectivity index (χ1v) is 5.59. The number of hydrogen-bond acceptors (Lipinski definition) is 4. The quantitative estimate of drug-likeness (QED) is 0.555. The van der Waals surface area contributed by atoms with Crippen LogP contribution in [0.5, 0.6) is 0 Å². The van der Waals surface area contributed by atoms with Crippen molar-refractivity contribution in [2.24, 2.45) is 0 Å². The Bertz CT molecular complexity index is 370. The van der Waals surface area contributed by atoms with E-state index >= 15 is 0 Å². The largest absolute Gasteiger partial charge is 0.463 e. The lowest BCUT2D eigenvalue weighted by Gasteiger charge is -2.12. The van der Waals surface area contributed by atoms with E-state index in [0.29, 0.717) is 19.8 Å². The van der Waals surface area contributed by atoms with Crippen molar-refractivity contribution < 1.29 is 19.0 Å². The first-order chi connectivity index (χ1) is 8.20. The van der Waals surface area contributed by atoms with E-state index in [9.17, 15) is 4.79 Å². The van der Waals surface area contributed by atoms with Crippen LogP contribution in [0.2, 0.25) is 0 Å². The highest BCUT2D eigenvalue weighted by molar-refractivity contribution is 5.66. The molecule has 4 nitrogen and oxygen atoms in total. The average molecular weight is 236 g/mol. The summed E-state index contributed by atoms with van der Waals surface area (Å²) in [5.74, 6) is -0.289. The van der Waals surface area contributed by atoms with Gasteiger partial charge in [0, 0.05) is 6.92 Å². The lowest BCUT2D eigenvalue weighted by atomic mass is 10.2. The topological polar surface area (TPSA) is 48.1 Å². The molecule has 1 heterocycles. The van der Waals surface area contributed by atoms with Gasteiger partial charge >= 0.3 is 5.97 Å². The molecule has 0 radical (unpaired) electrons. The number of ether oxygens (including phenoxy) is 3. The lowest BCUT2D eigenvalue weighted by Crippen LogP contribution is -2.27. The predicted octanol–water partition coefficient (Wildman–Crippen LogP) is 1.54. The molecule has 0 bridgehead atoms. The molecule has 1 saturated heterocycles. The molecule has 1 atom stereocenters. The van der Waals surface area contributed by atoms with Crippen LogP contribution in [0, 0.1) is 0 Å². The molecule has 0 saturated carbocycles. The van der Waals surface area contributed by atoms with E-state index in [2.05, 4.69) is 0 Å². The third-order valence-electron chi connectivity index (χ3n) is 2.57. The minimum Gasteiger partial charge on any atom is -0.463 e. The normalized spacial score (nSPS) is 22.2. The standard InChI is InChI=1S/C13H16O4/c1-11(14)16-9-13(10-17-13)8-15-7-12-5-3-2-4-6-12/h2-6H,7-10H2,1H3/t13-/m0/s1. The fraction of sp³-hybridized carbons (Fsp3) is 0.462. The molecule has 2 rings (SSSR count). The number of epoxide rings is 1. The van der Waals surface area contributed by atoms with E-state index in [0.717, 1.165) is 5.56 Å². The van der Waals surface area contributed by atoms with Crippen LogP contribution in [0.4, 0.5) is 0 Å². The van der Waals surface area contributed by atoms with Gasteiger partial charge in [0.1, 0.15) is 12.2 Å². The Kier molecular flexibility index (Phi) is 3.76. The molecule has 1 aliphatic rings. The summed E-state index contributed by atoms with van der Waals surface area (Å²) in [6, 6.07) is 9.93. The Morgan fingerprint density at radius 2 is 2.06 bits per heavy atom. The van der Waals surface area contributed by atoms with E-state index in [1.807, 2.05) is 30.3 Å². The smallest absolute Gasteiger partial charge is 0.302 e. The molecule has 1 aromatic rings. The van der Waals surface area contributed by atoms with Crippen LogP contribution >= 0.6 is 0 Å². The number of hydrogen-bond donors (Lipinski definition) is 0. The Morgan fingerprint density at radius 1 is 1.35 bits per heavy atom. The molecule has 0 spiro atoms. The Morgan fingerprint density at radius 3 is 2.65 bits per heavy atom. The second kappa shape index (κ2) is 5.29. The SMILES string of the molecule is CC(=O)OC[C@@]1(COCc2ccccc2)CO1. The molecular formula is C13H16O4. The molecule has 0 aliphatic carbocycles. The summed E-state index contributed by atoms with van der Waals surface area (Å²) in [4.78, 5) is 10.7. The Balaban J connectivity index is 1.70. The lowest BCUT2D eigenvalue weighted by molar-refractivity contribution is -0.143. The number of benzene rings is 1. The van der Waals surface area contributed by atoms with Crippen LogP contribution in [0.1, 0.15) is 12.5 Å². The summed E-state index contributed by atoms with van der Waals surface area (Å²) in [6.07, 6.45) is 0. The first-order valence-electron chi connectivity index (χ1n) is 5.59. The van der Waals surface area contributed by atoms with Crippen molar-refractivity contribution in [3.63, 3.8) is 0 Å². The summed E-state index contributed by atoms with van der Waals surface area (Å²) in [5, 5.41) is 0. The summed E-state index contributed by atoms with van der Waals surface area (Å²) < 4.78 is 15.8. The van der Waals surface area contributed by atoms with Gasteiger partial charge in [-0.25, -0.2) is 0 Å². The fourth-order valence-corrected chi connectivity index (χ4v) is 1.47. The zero-order valence-corrected chi connectivity index (χ0v) is 9.85. The molecule has 1 aliphatic heterocycles. The van der Waals surface area contributed by atoms with Crippen molar-refractivity contribution in [2.45, 2.75) is 19.1 Å². The van der Waals surface area contributed by atoms with E-state index in [4.69, 9.17) is 14.2 Å². The van der Waals surface area contributed by atoms with Gasteiger partial charge in [0.05, 0.1) is 19.8 Å². The van der Waals surface area contributed by atoms with E-state index in [1.165, 1.54) is 6.92 Å². The predicted molar refractivity (Wildman–Crippen MR) is 61.4 cm³/mol. The van der Waals surface area contributed by atoms with Crippen molar-refractivity contribution in [3.05, 3.63) is 35.9 Å². The van der Waals surface area contributed by atoms with Gasteiger partial charge in [-0.1, -0.05) is 30.3 Å². The van der Waals surface area contributed by atoms with E-state index in [1.54, 1.807) is 0 Å². The zero-order chi connectivity index (χ0) is 12.1. The van der Waals surface area contributed by atoms with Gasteiger partial charge in [0.15, 0.2) is 0 Å². The highest BCUT2D eigenvalue weighted by Gasteiger charge is 2.46. The van der Waals surface area contributed by atoms with Crippen molar-refractivity contribution in [1.82, 2.24) is 0 Å². The maximum Gasteiger partial charge on any atom is 0.302 e. The number of esters is 1. The molecule has 4 heteroatoms. The minimum atomic E-state index is -0.402. The molecule has 17 heavy (non-hydrogen) atoms. The summed E-state index contributed by atoms with van der Waals surface area (Å²) in [7, 11) is 0. The van der Waals surface area contributed by atoms with Gasteiger partial charge < -0.3 is 14.2 Å². The van der Waals surface area contributed by atoms with Gasteiger partial charge in [-0.05, 0) is 5.56 Å². The first kappa shape index (κ1) is 12.1. The van der Waals surface area contributed by atoms with Crippen LogP contribution in [0.3, 0.4) is 0 Å². The maximum absolute atomic E-state index is 10.7. The van der Waals surface area contributed by atoms with Crippen LogP contribution < -0.4 is 0 Å². The third-order valence-corrected chi connectivity index (χ3v) is 2.57.